The minimum absolute atomic E-state index is 0.0329. The molecule has 2 heterocycles. The highest BCUT2D eigenvalue weighted by molar-refractivity contribution is 6.29. The van der Waals surface area contributed by atoms with E-state index in [0.717, 1.165) is 6.07 Å². The Balaban J connectivity index is 2.16. The van der Waals surface area contributed by atoms with Crippen molar-refractivity contribution >= 4 is 17.4 Å². The lowest BCUT2D eigenvalue weighted by molar-refractivity contribution is -0.179. The van der Waals surface area contributed by atoms with E-state index >= 15 is 0 Å². The molecule has 0 aliphatic carbocycles. The van der Waals surface area contributed by atoms with Crippen molar-refractivity contribution in [2.24, 2.45) is 5.92 Å². The fourth-order valence-corrected chi connectivity index (χ4v) is 2.31. The molecule has 1 saturated heterocycles. The van der Waals surface area contributed by atoms with Crippen molar-refractivity contribution in [1.82, 2.24) is 9.97 Å². The zero-order valence-corrected chi connectivity index (χ0v) is 11.2. The summed E-state index contributed by atoms with van der Waals surface area (Å²) in [5.41, 5.74) is 0. The molecular weight excluding hydrogens is 324 g/mol. The van der Waals surface area contributed by atoms with E-state index in [1.807, 2.05) is 0 Å². The fourth-order valence-electron chi connectivity index (χ4n) is 2.13. The van der Waals surface area contributed by atoms with Crippen molar-refractivity contribution in [2.45, 2.75) is 25.2 Å². The molecule has 1 fully saturated rings. The molecule has 1 aromatic heterocycles. The van der Waals surface area contributed by atoms with Crippen LogP contribution in [0.5, 0.6) is 0 Å². The molecule has 10 heteroatoms. The Hall–Kier alpha value is -1.25. The second-order valence-electron chi connectivity index (χ2n) is 4.67. The smallest absolute Gasteiger partial charge is 0.356 e. The van der Waals surface area contributed by atoms with E-state index in [2.05, 4.69) is 9.97 Å². The Kier molecular flexibility index (Phi) is 4.23. The molecule has 118 valence electrons. The number of halogens is 7. The second-order valence-corrected chi connectivity index (χ2v) is 5.06. The van der Waals surface area contributed by atoms with E-state index in [0.29, 0.717) is 0 Å². The quantitative estimate of drug-likeness (QED) is 0.576. The highest BCUT2D eigenvalue weighted by Crippen LogP contribution is 2.36. The summed E-state index contributed by atoms with van der Waals surface area (Å²) in [6, 6.07) is 1.12. The van der Waals surface area contributed by atoms with Gasteiger partial charge < -0.3 is 4.90 Å². The third kappa shape index (κ3) is 3.90. The van der Waals surface area contributed by atoms with E-state index in [1.54, 1.807) is 0 Å². The van der Waals surface area contributed by atoms with Crippen LogP contribution < -0.4 is 4.90 Å². The van der Waals surface area contributed by atoms with E-state index in [9.17, 15) is 26.3 Å². The SMILES string of the molecule is FC(F)(F)c1nc(Cl)cc(N2CCC(C(F)(F)F)CC2)n1. The molecule has 0 N–H and O–H groups in total. The van der Waals surface area contributed by atoms with Crippen LogP contribution in [-0.2, 0) is 6.18 Å². The molecule has 0 bridgehead atoms. The number of hydrogen-bond donors (Lipinski definition) is 0. The first-order chi connectivity index (χ1) is 9.57. The molecule has 1 aliphatic heterocycles. The number of rotatable bonds is 1. The number of aromatic nitrogens is 2. The van der Waals surface area contributed by atoms with E-state index < -0.39 is 29.2 Å². The van der Waals surface area contributed by atoms with Crippen LogP contribution in [0.1, 0.15) is 18.7 Å². The van der Waals surface area contributed by atoms with Crippen LogP contribution in [-0.4, -0.2) is 29.2 Å². The molecule has 3 nitrogen and oxygen atoms in total. The first-order valence-corrected chi connectivity index (χ1v) is 6.38. The van der Waals surface area contributed by atoms with Gasteiger partial charge in [-0.2, -0.15) is 26.3 Å². The number of nitrogens with zero attached hydrogens (tertiary/aromatic N) is 3. The molecule has 0 spiro atoms. The Morgan fingerprint density at radius 3 is 2.10 bits per heavy atom. The van der Waals surface area contributed by atoms with Crippen molar-refractivity contribution in [2.75, 3.05) is 18.0 Å². The van der Waals surface area contributed by atoms with Gasteiger partial charge in [0.1, 0.15) is 11.0 Å². The Labute approximate surface area is 120 Å². The van der Waals surface area contributed by atoms with Crippen molar-refractivity contribution in [3.63, 3.8) is 0 Å². The standard InChI is InChI=1S/C11H10ClF6N3/c12-7-5-8(20-9(19-7)11(16,17)18)21-3-1-6(2-4-21)10(13,14)15/h5-6H,1-4H2. The highest BCUT2D eigenvalue weighted by Gasteiger charge is 2.41. The first-order valence-electron chi connectivity index (χ1n) is 6.01. The van der Waals surface area contributed by atoms with Gasteiger partial charge >= 0.3 is 12.4 Å². The third-order valence-corrected chi connectivity index (χ3v) is 3.41. The summed E-state index contributed by atoms with van der Waals surface area (Å²) in [5.74, 6) is -2.95. The number of hydrogen-bond acceptors (Lipinski definition) is 3. The third-order valence-electron chi connectivity index (χ3n) is 3.22. The zero-order valence-electron chi connectivity index (χ0n) is 10.5. The van der Waals surface area contributed by atoms with Crippen LogP contribution in [0.4, 0.5) is 32.2 Å². The number of piperidine rings is 1. The number of anilines is 1. The van der Waals surface area contributed by atoms with E-state index in [-0.39, 0.29) is 31.7 Å². The molecule has 0 saturated carbocycles. The molecule has 0 unspecified atom stereocenters. The van der Waals surface area contributed by atoms with E-state index in [1.165, 1.54) is 4.90 Å². The Bertz CT molecular complexity index is 508. The maximum Gasteiger partial charge on any atom is 0.451 e. The van der Waals surface area contributed by atoms with Crippen LogP contribution in [0.3, 0.4) is 0 Å². The summed E-state index contributed by atoms with van der Waals surface area (Å²) in [4.78, 5) is 7.77. The maximum absolute atomic E-state index is 12.6. The summed E-state index contributed by atoms with van der Waals surface area (Å²) in [6.45, 7) is -0.0658. The molecule has 1 aromatic rings. The van der Waals surface area contributed by atoms with Gasteiger partial charge in [0.05, 0.1) is 5.92 Å². The molecule has 0 amide bonds. The lowest BCUT2D eigenvalue weighted by atomic mass is 9.96. The predicted molar refractivity (Wildman–Crippen MR) is 63.0 cm³/mol. The molecule has 0 radical (unpaired) electrons. The molecular formula is C11H10ClF6N3. The van der Waals surface area contributed by atoms with Crippen LogP contribution in [0, 0.1) is 5.92 Å². The van der Waals surface area contributed by atoms with Crippen LogP contribution in [0.25, 0.3) is 0 Å². The lowest BCUT2D eigenvalue weighted by Gasteiger charge is -2.33. The van der Waals surface area contributed by atoms with Crippen LogP contribution in [0.15, 0.2) is 6.07 Å². The maximum atomic E-state index is 12.6. The Morgan fingerprint density at radius 1 is 1.05 bits per heavy atom. The molecule has 2 rings (SSSR count). The van der Waals surface area contributed by atoms with Gasteiger partial charge in [0, 0.05) is 19.2 Å². The van der Waals surface area contributed by atoms with Gasteiger partial charge in [-0.3, -0.25) is 0 Å². The average Bonchev–Trinajstić information content (AvgIpc) is 2.36. The Morgan fingerprint density at radius 2 is 1.62 bits per heavy atom. The van der Waals surface area contributed by atoms with Gasteiger partial charge in [-0.1, -0.05) is 11.6 Å². The van der Waals surface area contributed by atoms with Gasteiger partial charge in [0.15, 0.2) is 0 Å². The summed E-state index contributed by atoms with van der Waals surface area (Å²) < 4.78 is 75.4. The highest BCUT2D eigenvalue weighted by atomic mass is 35.5. The summed E-state index contributed by atoms with van der Waals surface area (Å²) in [5, 5.41) is -0.398. The van der Waals surface area contributed by atoms with Crippen LogP contribution in [0.2, 0.25) is 5.15 Å². The zero-order chi connectivity index (χ0) is 15.8. The number of alkyl halides is 6. The van der Waals surface area contributed by atoms with Gasteiger partial charge in [-0.05, 0) is 12.8 Å². The molecule has 1 aliphatic rings. The van der Waals surface area contributed by atoms with Gasteiger partial charge in [-0.25, -0.2) is 9.97 Å². The van der Waals surface area contributed by atoms with Crippen molar-refractivity contribution in [1.29, 1.82) is 0 Å². The predicted octanol–water partition coefficient (Wildman–Crippen LogP) is 3.93. The first kappa shape index (κ1) is 16.1. The van der Waals surface area contributed by atoms with Crippen molar-refractivity contribution < 1.29 is 26.3 Å². The summed E-state index contributed by atoms with van der Waals surface area (Å²) in [7, 11) is 0. The van der Waals surface area contributed by atoms with Crippen LogP contribution >= 0.6 is 11.6 Å². The van der Waals surface area contributed by atoms with E-state index in [4.69, 9.17) is 11.6 Å². The van der Waals surface area contributed by atoms with Gasteiger partial charge in [0.25, 0.3) is 0 Å². The van der Waals surface area contributed by atoms with Gasteiger partial charge in [-0.15, -0.1) is 0 Å². The lowest BCUT2D eigenvalue weighted by Crippen LogP contribution is -2.39. The fraction of sp³-hybridized carbons (Fsp3) is 0.636. The summed E-state index contributed by atoms with van der Waals surface area (Å²) >= 11 is 5.52. The monoisotopic (exact) mass is 333 g/mol. The minimum atomic E-state index is -4.76. The van der Waals surface area contributed by atoms with Crippen molar-refractivity contribution in [3.8, 4) is 0 Å². The largest absolute Gasteiger partial charge is 0.451 e. The molecule has 0 atom stereocenters. The second kappa shape index (κ2) is 5.51. The minimum Gasteiger partial charge on any atom is -0.356 e. The normalized spacial score (nSPS) is 18.1. The topological polar surface area (TPSA) is 29.0 Å². The molecule has 21 heavy (non-hydrogen) atoms. The molecule has 0 aromatic carbocycles. The van der Waals surface area contributed by atoms with Crippen molar-refractivity contribution in [3.05, 3.63) is 17.0 Å². The average molecular weight is 334 g/mol. The van der Waals surface area contributed by atoms with Gasteiger partial charge in [0.2, 0.25) is 5.82 Å². The summed E-state index contributed by atoms with van der Waals surface area (Å²) in [6.07, 6.45) is -9.42.